The Labute approximate surface area is 230 Å². The Kier molecular flexibility index (Phi) is 8.79. The SMILES string of the molecule is CCCCOc1ccc(CC(=O)NCC(c2ccc3c(c2)OCO3)C(c2ccccc2)c2ccccc2)cc1. The normalized spacial score (nSPS) is 12.8. The summed E-state index contributed by atoms with van der Waals surface area (Å²) >= 11 is 0. The molecule has 0 aliphatic carbocycles. The lowest BCUT2D eigenvalue weighted by atomic mass is 9.77. The van der Waals surface area contributed by atoms with Gasteiger partial charge in [-0.05, 0) is 52.9 Å². The summed E-state index contributed by atoms with van der Waals surface area (Å²) in [5, 5.41) is 3.23. The molecule has 5 heteroatoms. The number of amides is 1. The molecule has 1 atom stereocenters. The molecule has 0 radical (unpaired) electrons. The van der Waals surface area contributed by atoms with E-state index in [0.29, 0.717) is 19.6 Å². The number of ether oxygens (including phenoxy) is 3. The molecule has 5 rings (SSSR count). The first-order chi connectivity index (χ1) is 19.2. The van der Waals surface area contributed by atoms with Gasteiger partial charge < -0.3 is 19.5 Å². The van der Waals surface area contributed by atoms with Gasteiger partial charge in [0, 0.05) is 18.4 Å². The van der Waals surface area contributed by atoms with Crippen molar-refractivity contribution < 1.29 is 19.0 Å². The quantitative estimate of drug-likeness (QED) is 0.207. The molecule has 5 nitrogen and oxygen atoms in total. The van der Waals surface area contributed by atoms with Crippen LogP contribution in [0.1, 0.15) is 53.9 Å². The molecule has 4 aromatic carbocycles. The Morgan fingerprint density at radius 2 is 1.49 bits per heavy atom. The number of unbranched alkanes of at least 4 members (excludes halogenated alkanes) is 1. The summed E-state index contributed by atoms with van der Waals surface area (Å²) < 4.78 is 17.0. The Bertz CT molecular complexity index is 1300. The van der Waals surface area contributed by atoms with Crippen LogP contribution in [0.4, 0.5) is 0 Å². The fraction of sp³-hybridized carbons (Fsp3) is 0.265. The van der Waals surface area contributed by atoms with Crippen molar-refractivity contribution >= 4 is 5.91 Å². The molecule has 1 heterocycles. The Balaban J connectivity index is 1.37. The highest BCUT2D eigenvalue weighted by Crippen LogP contribution is 2.42. The van der Waals surface area contributed by atoms with Crippen LogP contribution in [0.15, 0.2) is 103 Å². The van der Waals surface area contributed by atoms with Crippen LogP contribution in [0.3, 0.4) is 0 Å². The van der Waals surface area contributed by atoms with Gasteiger partial charge in [0.15, 0.2) is 11.5 Å². The van der Waals surface area contributed by atoms with Crippen molar-refractivity contribution in [2.45, 2.75) is 38.0 Å². The smallest absolute Gasteiger partial charge is 0.231 e. The van der Waals surface area contributed by atoms with Crippen LogP contribution in [0.2, 0.25) is 0 Å². The van der Waals surface area contributed by atoms with Crippen LogP contribution in [0.25, 0.3) is 0 Å². The average Bonchev–Trinajstić information content (AvgIpc) is 3.45. The van der Waals surface area contributed by atoms with E-state index in [1.165, 1.54) is 11.1 Å². The first-order valence-corrected chi connectivity index (χ1v) is 13.7. The van der Waals surface area contributed by atoms with E-state index < -0.39 is 0 Å². The minimum absolute atomic E-state index is 0.0136. The summed E-state index contributed by atoms with van der Waals surface area (Å²) in [5.74, 6) is 2.32. The zero-order chi connectivity index (χ0) is 26.9. The zero-order valence-corrected chi connectivity index (χ0v) is 22.3. The van der Waals surface area contributed by atoms with Crippen molar-refractivity contribution in [3.63, 3.8) is 0 Å². The van der Waals surface area contributed by atoms with Crippen molar-refractivity contribution in [1.29, 1.82) is 0 Å². The second kappa shape index (κ2) is 13.0. The van der Waals surface area contributed by atoms with Crippen LogP contribution < -0.4 is 19.5 Å². The summed E-state index contributed by atoms with van der Waals surface area (Å²) in [6.07, 6.45) is 2.44. The average molecular weight is 522 g/mol. The predicted octanol–water partition coefficient (Wildman–Crippen LogP) is 6.87. The van der Waals surface area contributed by atoms with Gasteiger partial charge >= 0.3 is 0 Å². The lowest BCUT2D eigenvalue weighted by Crippen LogP contribution is -2.32. The van der Waals surface area contributed by atoms with E-state index in [1.807, 2.05) is 42.5 Å². The Morgan fingerprint density at radius 3 is 2.15 bits per heavy atom. The van der Waals surface area contributed by atoms with Gasteiger partial charge in [0.1, 0.15) is 5.75 Å². The number of hydrogen-bond donors (Lipinski definition) is 1. The Morgan fingerprint density at radius 1 is 0.821 bits per heavy atom. The third-order valence-electron chi connectivity index (χ3n) is 7.12. The van der Waals surface area contributed by atoms with Gasteiger partial charge in [-0.3, -0.25) is 4.79 Å². The number of hydrogen-bond acceptors (Lipinski definition) is 4. The van der Waals surface area contributed by atoms with Crippen LogP contribution in [0.5, 0.6) is 17.2 Å². The maximum Gasteiger partial charge on any atom is 0.231 e. The topological polar surface area (TPSA) is 56.8 Å². The van der Waals surface area contributed by atoms with E-state index in [2.05, 4.69) is 72.9 Å². The fourth-order valence-corrected chi connectivity index (χ4v) is 5.06. The maximum absolute atomic E-state index is 13.1. The van der Waals surface area contributed by atoms with E-state index in [1.54, 1.807) is 0 Å². The van der Waals surface area contributed by atoms with Gasteiger partial charge in [-0.15, -0.1) is 0 Å². The van der Waals surface area contributed by atoms with Crippen molar-refractivity contribution in [3.8, 4) is 17.2 Å². The molecule has 39 heavy (non-hydrogen) atoms. The standard InChI is InChI=1S/C34H35NO4/c1-2-3-20-37-29-17-14-25(15-18-29)21-33(36)35-23-30(28-16-19-31-32(22-28)39-24-38-31)34(26-10-6-4-7-11-26)27-12-8-5-9-13-27/h4-19,22,30,34H,2-3,20-21,23-24H2,1H3,(H,35,36). The third-order valence-corrected chi connectivity index (χ3v) is 7.12. The second-order valence-corrected chi connectivity index (χ2v) is 9.85. The summed E-state index contributed by atoms with van der Waals surface area (Å²) in [6.45, 7) is 3.56. The minimum atomic E-state index is -0.0254. The lowest BCUT2D eigenvalue weighted by molar-refractivity contribution is -0.120. The number of benzene rings is 4. The highest BCUT2D eigenvalue weighted by molar-refractivity contribution is 5.78. The van der Waals surface area contributed by atoms with Gasteiger partial charge in [0.2, 0.25) is 12.7 Å². The van der Waals surface area contributed by atoms with Crippen molar-refractivity contribution in [2.75, 3.05) is 19.9 Å². The molecule has 0 saturated heterocycles. The van der Waals surface area contributed by atoms with E-state index in [-0.39, 0.29) is 24.5 Å². The fourth-order valence-electron chi connectivity index (χ4n) is 5.06. The van der Waals surface area contributed by atoms with Crippen LogP contribution in [0, 0.1) is 0 Å². The van der Waals surface area contributed by atoms with Crippen molar-refractivity contribution in [2.24, 2.45) is 0 Å². The minimum Gasteiger partial charge on any atom is -0.494 e. The summed E-state index contributed by atoms with van der Waals surface area (Å²) in [6, 6.07) is 34.9. The molecule has 1 unspecified atom stereocenters. The number of rotatable bonds is 12. The molecule has 0 saturated carbocycles. The van der Waals surface area contributed by atoms with E-state index in [9.17, 15) is 4.79 Å². The zero-order valence-electron chi connectivity index (χ0n) is 22.3. The first-order valence-electron chi connectivity index (χ1n) is 13.7. The van der Waals surface area contributed by atoms with E-state index >= 15 is 0 Å². The maximum atomic E-state index is 13.1. The highest BCUT2D eigenvalue weighted by atomic mass is 16.7. The van der Waals surface area contributed by atoms with Gasteiger partial charge in [-0.2, -0.15) is 0 Å². The lowest BCUT2D eigenvalue weighted by Gasteiger charge is -2.29. The van der Waals surface area contributed by atoms with Crippen LogP contribution in [-0.4, -0.2) is 25.9 Å². The third kappa shape index (κ3) is 6.80. The largest absolute Gasteiger partial charge is 0.494 e. The molecule has 4 aromatic rings. The number of fused-ring (bicyclic) bond motifs is 1. The molecule has 1 amide bonds. The van der Waals surface area contributed by atoms with Gasteiger partial charge in [-0.1, -0.05) is 92.2 Å². The van der Waals surface area contributed by atoms with Crippen molar-refractivity contribution in [3.05, 3.63) is 125 Å². The summed E-state index contributed by atoms with van der Waals surface area (Å²) in [7, 11) is 0. The van der Waals surface area contributed by atoms with Gasteiger partial charge in [0.05, 0.1) is 13.0 Å². The molecule has 0 spiro atoms. The molecule has 0 fully saturated rings. The molecule has 0 bridgehead atoms. The number of carbonyl (C=O) groups excluding carboxylic acids is 1. The van der Waals surface area contributed by atoms with Crippen molar-refractivity contribution in [1.82, 2.24) is 5.32 Å². The number of carbonyl (C=O) groups is 1. The van der Waals surface area contributed by atoms with E-state index in [0.717, 1.165) is 41.2 Å². The highest BCUT2D eigenvalue weighted by Gasteiger charge is 2.28. The molecule has 200 valence electrons. The van der Waals surface area contributed by atoms with E-state index in [4.69, 9.17) is 14.2 Å². The molecular weight excluding hydrogens is 486 g/mol. The summed E-state index contributed by atoms with van der Waals surface area (Å²) in [4.78, 5) is 13.1. The van der Waals surface area contributed by atoms with Gasteiger partial charge in [0.25, 0.3) is 0 Å². The molecule has 1 aliphatic rings. The van der Waals surface area contributed by atoms with Crippen LogP contribution in [-0.2, 0) is 11.2 Å². The first kappa shape index (κ1) is 26.4. The number of nitrogens with one attached hydrogen (secondary N) is 1. The molecular formula is C34H35NO4. The van der Waals surface area contributed by atoms with Crippen LogP contribution >= 0.6 is 0 Å². The monoisotopic (exact) mass is 521 g/mol. The second-order valence-electron chi connectivity index (χ2n) is 9.85. The molecule has 1 aliphatic heterocycles. The van der Waals surface area contributed by atoms with Gasteiger partial charge in [-0.25, -0.2) is 0 Å². The Hall–Kier alpha value is -4.25. The molecule has 1 N–H and O–H groups in total. The predicted molar refractivity (Wildman–Crippen MR) is 154 cm³/mol. The summed E-state index contributed by atoms with van der Waals surface area (Å²) in [5.41, 5.74) is 4.43. The molecule has 0 aromatic heterocycles.